The number of benzene rings is 3. The van der Waals surface area contributed by atoms with Crippen molar-refractivity contribution in [2.75, 3.05) is 18.4 Å². The van der Waals surface area contributed by atoms with Gasteiger partial charge in [-0.15, -0.1) is 0 Å². The summed E-state index contributed by atoms with van der Waals surface area (Å²) in [6, 6.07) is 20.4. The molecule has 0 aliphatic rings. The van der Waals surface area contributed by atoms with Crippen molar-refractivity contribution < 1.29 is 18.8 Å². The maximum atomic E-state index is 13.4. The third kappa shape index (κ3) is 7.77. The summed E-state index contributed by atoms with van der Waals surface area (Å²) in [4.78, 5) is 39.6. The van der Waals surface area contributed by atoms with E-state index in [1.54, 1.807) is 30.3 Å². The highest BCUT2D eigenvalue weighted by Crippen LogP contribution is 2.23. The highest BCUT2D eigenvalue weighted by atomic mass is 19.1. The topological polar surface area (TPSA) is 78.5 Å². The van der Waals surface area contributed by atoms with Gasteiger partial charge in [-0.2, -0.15) is 0 Å². The van der Waals surface area contributed by atoms with Crippen LogP contribution in [0.5, 0.6) is 0 Å². The molecule has 0 unspecified atom stereocenters. The number of rotatable bonds is 8. The molecule has 0 saturated carbocycles. The molecule has 3 aromatic carbocycles. The number of nitrogens with zero attached hydrogens (tertiary/aromatic N) is 1. The van der Waals surface area contributed by atoms with Gasteiger partial charge in [0, 0.05) is 17.8 Å². The van der Waals surface area contributed by atoms with Crippen molar-refractivity contribution in [2.24, 2.45) is 0 Å². The van der Waals surface area contributed by atoms with Crippen LogP contribution in [0.2, 0.25) is 0 Å². The summed E-state index contributed by atoms with van der Waals surface area (Å²) in [6.07, 6.45) is 0. The van der Waals surface area contributed by atoms with Gasteiger partial charge in [-0.3, -0.25) is 14.4 Å². The quantitative estimate of drug-likeness (QED) is 0.476. The number of nitrogens with one attached hydrogen (secondary N) is 2. The van der Waals surface area contributed by atoms with Crippen LogP contribution in [0.3, 0.4) is 0 Å². The minimum absolute atomic E-state index is 0.0612. The fraction of sp³-hybridized carbons (Fsp3) is 0.276. The minimum Gasteiger partial charge on any atom is -0.345 e. The van der Waals surface area contributed by atoms with E-state index in [-0.39, 0.29) is 42.7 Å². The van der Waals surface area contributed by atoms with Crippen LogP contribution in [-0.2, 0) is 21.5 Å². The van der Waals surface area contributed by atoms with Crippen LogP contribution >= 0.6 is 0 Å². The predicted octanol–water partition coefficient (Wildman–Crippen LogP) is 4.83. The van der Waals surface area contributed by atoms with E-state index in [4.69, 9.17) is 0 Å². The number of hydrogen-bond donors (Lipinski definition) is 2. The Morgan fingerprint density at radius 2 is 1.56 bits per heavy atom. The van der Waals surface area contributed by atoms with Gasteiger partial charge in [0.25, 0.3) is 5.91 Å². The molecule has 3 aromatic rings. The van der Waals surface area contributed by atoms with Crippen molar-refractivity contribution in [2.45, 2.75) is 39.7 Å². The summed E-state index contributed by atoms with van der Waals surface area (Å²) < 4.78 is 13.4. The standard InChI is InChI=1S/C29H32FN3O3/c1-20-6-5-7-25(16-20)32-26(34)17-31-27(35)19-33(18-21-8-14-24(30)15-9-21)28(36)22-10-12-23(13-11-22)29(2,3)4/h5-16H,17-19H2,1-4H3,(H,31,35)(H,32,34). The highest BCUT2D eigenvalue weighted by molar-refractivity contribution is 5.98. The second-order valence-electron chi connectivity index (χ2n) is 9.81. The zero-order valence-electron chi connectivity index (χ0n) is 21.1. The van der Waals surface area contributed by atoms with E-state index >= 15 is 0 Å². The summed E-state index contributed by atoms with van der Waals surface area (Å²) in [6.45, 7) is 7.81. The number of halogens is 1. The lowest BCUT2D eigenvalue weighted by Crippen LogP contribution is -2.42. The first-order valence-corrected chi connectivity index (χ1v) is 11.8. The van der Waals surface area contributed by atoms with E-state index in [1.807, 2.05) is 37.3 Å². The predicted molar refractivity (Wildman–Crippen MR) is 139 cm³/mol. The first-order chi connectivity index (χ1) is 17.0. The molecule has 3 rings (SSSR count). The first kappa shape index (κ1) is 26.6. The Labute approximate surface area is 211 Å². The zero-order chi connectivity index (χ0) is 26.3. The smallest absolute Gasteiger partial charge is 0.254 e. The molecule has 0 fully saturated rings. The number of amides is 3. The second-order valence-corrected chi connectivity index (χ2v) is 9.81. The summed E-state index contributed by atoms with van der Waals surface area (Å²) >= 11 is 0. The molecule has 0 atom stereocenters. The molecule has 6 nitrogen and oxygen atoms in total. The number of carbonyl (C=O) groups excluding carboxylic acids is 3. The first-order valence-electron chi connectivity index (χ1n) is 11.8. The molecule has 0 aliphatic carbocycles. The van der Waals surface area contributed by atoms with E-state index in [1.165, 1.54) is 17.0 Å². The number of carbonyl (C=O) groups is 3. The number of hydrogen-bond acceptors (Lipinski definition) is 3. The van der Waals surface area contributed by atoms with Gasteiger partial charge >= 0.3 is 0 Å². The molecule has 3 amide bonds. The lowest BCUT2D eigenvalue weighted by atomic mass is 9.86. The van der Waals surface area contributed by atoms with Crippen LogP contribution in [0.15, 0.2) is 72.8 Å². The average molecular weight is 490 g/mol. The van der Waals surface area contributed by atoms with Crippen molar-refractivity contribution in [3.05, 3.63) is 101 Å². The fourth-order valence-corrected chi connectivity index (χ4v) is 3.64. The number of aryl methyl sites for hydroxylation is 1. The van der Waals surface area contributed by atoms with Crippen molar-refractivity contribution >= 4 is 23.4 Å². The molecule has 7 heteroatoms. The highest BCUT2D eigenvalue weighted by Gasteiger charge is 2.21. The van der Waals surface area contributed by atoms with Crippen molar-refractivity contribution in [3.63, 3.8) is 0 Å². The Bertz CT molecular complexity index is 1220. The zero-order valence-corrected chi connectivity index (χ0v) is 21.1. The maximum absolute atomic E-state index is 13.4. The molecule has 0 radical (unpaired) electrons. The summed E-state index contributed by atoms with van der Waals surface area (Å²) in [5, 5.41) is 5.31. The van der Waals surface area contributed by atoms with E-state index in [0.29, 0.717) is 16.8 Å². The Morgan fingerprint density at radius 1 is 0.889 bits per heavy atom. The van der Waals surface area contributed by atoms with Crippen LogP contribution in [-0.4, -0.2) is 35.7 Å². The Kier molecular flexibility index (Phi) is 8.59. The van der Waals surface area contributed by atoms with Crippen LogP contribution < -0.4 is 10.6 Å². The second kappa shape index (κ2) is 11.6. The molecule has 2 N–H and O–H groups in total. The third-order valence-corrected chi connectivity index (χ3v) is 5.65. The van der Waals surface area contributed by atoms with E-state index in [0.717, 1.165) is 11.1 Å². The molecular weight excluding hydrogens is 457 g/mol. The van der Waals surface area contributed by atoms with E-state index in [9.17, 15) is 18.8 Å². The molecule has 0 saturated heterocycles. The molecule has 0 bridgehead atoms. The summed E-state index contributed by atoms with van der Waals surface area (Å²) in [5.41, 5.74) is 3.79. The van der Waals surface area contributed by atoms with Crippen LogP contribution in [0.25, 0.3) is 0 Å². The van der Waals surface area contributed by atoms with Gasteiger partial charge < -0.3 is 15.5 Å². The van der Waals surface area contributed by atoms with Crippen molar-refractivity contribution in [3.8, 4) is 0 Å². The van der Waals surface area contributed by atoms with Crippen LogP contribution in [0.4, 0.5) is 10.1 Å². The summed E-state index contributed by atoms with van der Waals surface area (Å²) in [5.74, 6) is -1.56. The largest absolute Gasteiger partial charge is 0.345 e. The third-order valence-electron chi connectivity index (χ3n) is 5.65. The van der Waals surface area contributed by atoms with Crippen molar-refractivity contribution in [1.29, 1.82) is 0 Å². The number of anilines is 1. The monoisotopic (exact) mass is 489 g/mol. The molecule has 0 aromatic heterocycles. The van der Waals surface area contributed by atoms with Crippen LogP contribution in [0.1, 0.15) is 47.8 Å². The van der Waals surface area contributed by atoms with Gasteiger partial charge in [-0.25, -0.2) is 4.39 Å². The van der Waals surface area contributed by atoms with Gasteiger partial charge in [-0.05, 0) is 65.4 Å². The van der Waals surface area contributed by atoms with Crippen LogP contribution in [0, 0.1) is 12.7 Å². The van der Waals surface area contributed by atoms with Gasteiger partial charge in [0.15, 0.2) is 0 Å². The van der Waals surface area contributed by atoms with E-state index < -0.39 is 5.91 Å². The molecule has 0 aliphatic heterocycles. The minimum atomic E-state index is -0.476. The lowest BCUT2D eigenvalue weighted by molar-refractivity contribution is -0.124. The SMILES string of the molecule is Cc1cccc(NC(=O)CNC(=O)CN(Cc2ccc(F)cc2)C(=O)c2ccc(C(C)(C)C)cc2)c1. The Balaban J connectivity index is 1.68. The molecule has 0 spiro atoms. The van der Waals surface area contributed by atoms with Gasteiger partial charge in [0.1, 0.15) is 12.4 Å². The molecule has 0 heterocycles. The average Bonchev–Trinajstić information content (AvgIpc) is 2.83. The van der Waals surface area contributed by atoms with Gasteiger partial charge in [0.05, 0.1) is 6.54 Å². The maximum Gasteiger partial charge on any atom is 0.254 e. The molecule has 36 heavy (non-hydrogen) atoms. The van der Waals surface area contributed by atoms with E-state index in [2.05, 4.69) is 31.4 Å². The van der Waals surface area contributed by atoms with Gasteiger partial charge in [0.2, 0.25) is 11.8 Å². The van der Waals surface area contributed by atoms with Gasteiger partial charge in [-0.1, -0.05) is 57.2 Å². The molecular formula is C29H32FN3O3. The Morgan fingerprint density at radius 3 is 2.17 bits per heavy atom. The lowest BCUT2D eigenvalue weighted by Gasteiger charge is -2.24. The Hall–Kier alpha value is -4.00. The van der Waals surface area contributed by atoms with Crippen molar-refractivity contribution in [1.82, 2.24) is 10.2 Å². The molecule has 188 valence electrons. The normalized spacial score (nSPS) is 11.0. The summed E-state index contributed by atoms with van der Waals surface area (Å²) in [7, 11) is 0. The fourth-order valence-electron chi connectivity index (χ4n) is 3.64.